The second-order valence-corrected chi connectivity index (χ2v) is 6.90. The van der Waals surface area contributed by atoms with Gasteiger partial charge in [0.2, 0.25) is 0 Å². The van der Waals surface area contributed by atoms with Crippen LogP contribution in [0.5, 0.6) is 0 Å². The summed E-state index contributed by atoms with van der Waals surface area (Å²) in [5.41, 5.74) is 4.67. The van der Waals surface area contributed by atoms with E-state index in [1.165, 1.54) is 0 Å². The van der Waals surface area contributed by atoms with Gasteiger partial charge in [-0.2, -0.15) is 5.10 Å². The summed E-state index contributed by atoms with van der Waals surface area (Å²) in [6.45, 7) is 6.17. The van der Waals surface area contributed by atoms with E-state index in [0.717, 1.165) is 35.6 Å². The molecule has 2 aromatic heterocycles. The Morgan fingerprint density at radius 2 is 2.04 bits per heavy atom. The van der Waals surface area contributed by atoms with Crippen LogP contribution >= 0.6 is 12.4 Å². The first-order valence-electron chi connectivity index (χ1n) is 9.18. The number of nitrogens with one attached hydrogen (secondary N) is 1. The maximum absolute atomic E-state index is 13.3. The number of pyridine rings is 1. The average Bonchev–Trinajstić information content (AvgIpc) is 3.09. The minimum Gasteiger partial charge on any atom is -0.329 e. The molecule has 0 bridgehead atoms. The van der Waals surface area contributed by atoms with Gasteiger partial charge in [-0.15, -0.1) is 12.4 Å². The topological polar surface area (TPSA) is 63.1 Å². The van der Waals surface area contributed by atoms with Crippen molar-refractivity contribution in [1.29, 1.82) is 0 Å². The van der Waals surface area contributed by atoms with Crippen LogP contribution in [0.1, 0.15) is 33.2 Å². The molecule has 0 radical (unpaired) electrons. The van der Waals surface area contributed by atoms with Gasteiger partial charge in [-0.1, -0.05) is 18.2 Å². The van der Waals surface area contributed by atoms with Crippen LogP contribution in [0, 0.1) is 13.8 Å². The van der Waals surface area contributed by atoms with E-state index >= 15 is 0 Å². The van der Waals surface area contributed by atoms with Gasteiger partial charge in [-0.25, -0.2) is 4.68 Å². The average molecular weight is 398 g/mol. The van der Waals surface area contributed by atoms with Crippen molar-refractivity contribution in [2.75, 3.05) is 19.6 Å². The fourth-order valence-electron chi connectivity index (χ4n) is 3.61. The second-order valence-electron chi connectivity index (χ2n) is 6.90. The molecule has 4 rings (SSSR count). The van der Waals surface area contributed by atoms with Crippen molar-refractivity contribution in [2.24, 2.45) is 0 Å². The van der Waals surface area contributed by atoms with Crippen LogP contribution in [0.15, 0.2) is 55.0 Å². The van der Waals surface area contributed by atoms with Crippen molar-refractivity contribution in [3.05, 3.63) is 77.4 Å². The van der Waals surface area contributed by atoms with Crippen LogP contribution in [0.2, 0.25) is 0 Å². The first-order chi connectivity index (χ1) is 13.1. The van der Waals surface area contributed by atoms with Gasteiger partial charge in [0.25, 0.3) is 5.91 Å². The van der Waals surface area contributed by atoms with E-state index in [1.54, 1.807) is 12.4 Å². The van der Waals surface area contributed by atoms with Gasteiger partial charge in [0, 0.05) is 32.0 Å². The van der Waals surface area contributed by atoms with Crippen LogP contribution in [0.4, 0.5) is 0 Å². The third kappa shape index (κ3) is 3.79. The predicted molar refractivity (Wildman–Crippen MR) is 111 cm³/mol. The van der Waals surface area contributed by atoms with Crippen molar-refractivity contribution in [3.8, 4) is 5.69 Å². The molecule has 7 heteroatoms. The third-order valence-electron chi connectivity index (χ3n) is 5.06. The number of piperazine rings is 1. The highest BCUT2D eigenvalue weighted by atomic mass is 35.5. The van der Waals surface area contributed by atoms with E-state index < -0.39 is 0 Å². The third-order valence-corrected chi connectivity index (χ3v) is 5.06. The maximum Gasteiger partial charge on any atom is 0.257 e. The van der Waals surface area contributed by atoms with Crippen LogP contribution in [0.25, 0.3) is 5.69 Å². The highest BCUT2D eigenvalue weighted by Crippen LogP contribution is 2.25. The van der Waals surface area contributed by atoms with Crippen LogP contribution in [-0.4, -0.2) is 45.2 Å². The fraction of sp³-hybridized carbons (Fsp3) is 0.286. The number of carbonyl (C=O) groups excluding carboxylic acids is 1. The van der Waals surface area contributed by atoms with Crippen LogP contribution in [0.3, 0.4) is 0 Å². The number of halogens is 1. The van der Waals surface area contributed by atoms with E-state index in [2.05, 4.69) is 21.5 Å². The quantitative estimate of drug-likeness (QED) is 0.737. The largest absolute Gasteiger partial charge is 0.329 e. The first kappa shape index (κ1) is 20.0. The molecule has 1 aliphatic heterocycles. The van der Waals surface area contributed by atoms with Gasteiger partial charge in [0.1, 0.15) is 0 Å². The molecule has 0 saturated carbocycles. The normalized spacial score (nSPS) is 16.5. The molecule has 6 nitrogen and oxygen atoms in total. The van der Waals surface area contributed by atoms with Gasteiger partial charge in [-0.05, 0) is 43.2 Å². The molecule has 3 heterocycles. The summed E-state index contributed by atoms with van der Waals surface area (Å²) in [5, 5.41) is 7.86. The lowest BCUT2D eigenvalue weighted by Gasteiger charge is -2.36. The SMILES string of the molecule is Cc1cccc(-n2ncc(C(=O)N3CCNCC3c3cccnc3)c2C)c1.Cl. The Labute approximate surface area is 171 Å². The summed E-state index contributed by atoms with van der Waals surface area (Å²) in [6, 6.07) is 12.0. The Balaban J connectivity index is 0.00000225. The summed E-state index contributed by atoms with van der Waals surface area (Å²) in [4.78, 5) is 19.5. The molecule has 0 spiro atoms. The Bertz CT molecular complexity index is 956. The first-order valence-corrected chi connectivity index (χ1v) is 9.18. The number of nitrogens with zero attached hydrogens (tertiary/aromatic N) is 4. The minimum absolute atomic E-state index is 0. The molecule has 28 heavy (non-hydrogen) atoms. The molecule has 1 amide bonds. The van der Waals surface area contributed by atoms with E-state index in [4.69, 9.17) is 0 Å². The fourth-order valence-corrected chi connectivity index (χ4v) is 3.61. The molecule has 1 N–H and O–H groups in total. The number of aromatic nitrogens is 3. The summed E-state index contributed by atoms with van der Waals surface area (Å²) < 4.78 is 1.83. The van der Waals surface area contributed by atoms with E-state index in [9.17, 15) is 4.79 Å². The van der Waals surface area contributed by atoms with E-state index in [-0.39, 0.29) is 24.4 Å². The number of aryl methyl sites for hydroxylation is 1. The summed E-state index contributed by atoms with van der Waals surface area (Å²) in [5.74, 6) is 0.0155. The van der Waals surface area contributed by atoms with Crippen molar-refractivity contribution in [1.82, 2.24) is 25.0 Å². The lowest BCUT2D eigenvalue weighted by molar-refractivity contribution is 0.0633. The predicted octanol–water partition coefficient (Wildman–Crippen LogP) is 3.09. The van der Waals surface area contributed by atoms with Gasteiger partial charge in [0.05, 0.1) is 29.2 Å². The molecule has 1 atom stereocenters. The molecular formula is C21H24ClN5O. The van der Waals surface area contributed by atoms with Crippen LogP contribution in [-0.2, 0) is 0 Å². The van der Waals surface area contributed by atoms with Gasteiger partial charge in [-0.3, -0.25) is 9.78 Å². The Hall–Kier alpha value is -2.70. The Kier molecular flexibility index (Phi) is 6.11. The number of hydrogen-bond donors (Lipinski definition) is 1. The minimum atomic E-state index is -0.0262. The zero-order valence-electron chi connectivity index (χ0n) is 16.0. The number of hydrogen-bond acceptors (Lipinski definition) is 4. The maximum atomic E-state index is 13.3. The molecule has 1 unspecified atom stereocenters. The van der Waals surface area contributed by atoms with Gasteiger partial charge >= 0.3 is 0 Å². The Morgan fingerprint density at radius 3 is 2.79 bits per heavy atom. The van der Waals surface area contributed by atoms with E-state index in [0.29, 0.717) is 12.1 Å². The molecule has 1 fully saturated rings. The number of benzene rings is 1. The zero-order chi connectivity index (χ0) is 18.8. The monoisotopic (exact) mass is 397 g/mol. The summed E-state index contributed by atoms with van der Waals surface area (Å²) in [6.07, 6.45) is 5.27. The summed E-state index contributed by atoms with van der Waals surface area (Å²) in [7, 11) is 0. The summed E-state index contributed by atoms with van der Waals surface area (Å²) >= 11 is 0. The molecule has 0 aliphatic carbocycles. The molecule has 146 valence electrons. The van der Waals surface area contributed by atoms with Crippen molar-refractivity contribution in [2.45, 2.75) is 19.9 Å². The molecular weight excluding hydrogens is 374 g/mol. The molecule has 3 aromatic rings. The second kappa shape index (κ2) is 8.54. The highest BCUT2D eigenvalue weighted by Gasteiger charge is 2.30. The number of amides is 1. The molecule has 1 aliphatic rings. The van der Waals surface area contributed by atoms with Crippen molar-refractivity contribution >= 4 is 18.3 Å². The number of rotatable bonds is 3. The smallest absolute Gasteiger partial charge is 0.257 e. The lowest BCUT2D eigenvalue weighted by atomic mass is 10.0. The highest BCUT2D eigenvalue weighted by molar-refractivity contribution is 5.95. The molecule has 1 saturated heterocycles. The van der Waals surface area contributed by atoms with E-state index in [1.807, 2.05) is 60.0 Å². The van der Waals surface area contributed by atoms with Crippen molar-refractivity contribution in [3.63, 3.8) is 0 Å². The van der Waals surface area contributed by atoms with Gasteiger partial charge in [0.15, 0.2) is 0 Å². The lowest BCUT2D eigenvalue weighted by Crippen LogP contribution is -2.48. The zero-order valence-corrected chi connectivity index (χ0v) is 16.8. The standard InChI is InChI=1S/C21H23N5O.ClH/c1-15-5-3-7-18(11-15)26-16(2)19(13-24-26)21(27)25-10-9-23-14-20(25)17-6-4-8-22-12-17;/h3-8,11-13,20,23H,9-10,14H2,1-2H3;1H. The molecule has 1 aromatic carbocycles. The van der Waals surface area contributed by atoms with Gasteiger partial charge < -0.3 is 10.2 Å². The van der Waals surface area contributed by atoms with Crippen molar-refractivity contribution < 1.29 is 4.79 Å². The van der Waals surface area contributed by atoms with Crippen LogP contribution < -0.4 is 5.32 Å². The number of carbonyl (C=O) groups is 1. The Morgan fingerprint density at radius 1 is 1.18 bits per heavy atom.